The van der Waals surface area contributed by atoms with Gasteiger partial charge in [-0.25, -0.2) is 4.79 Å². The summed E-state index contributed by atoms with van der Waals surface area (Å²) in [6.45, 7) is 7.98. The van der Waals surface area contributed by atoms with Gasteiger partial charge in [-0.1, -0.05) is 55.2 Å². The van der Waals surface area contributed by atoms with Gasteiger partial charge in [0.1, 0.15) is 0 Å². The van der Waals surface area contributed by atoms with Crippen molar-refractivity contribution in [1.82, 2.24) is 5.32 Å². The number of ether oxygens (including phenoxy) is 1. The number of benzene rings is 2. The van der Waals surface area contributed by atoms with E-state index >= 15 is 0 Å². The fourth-order valence-electron chi connectivity index (χ4n) is 3.71. The first-order valence-electron chi connectivity index (χ1n) is 8.87. The Bertz CT molecular complexity index is 870. The average Bonchev–Trinajstić information content (AvgIpc) is 2.79. The molecule has 0 radical (unpaired) electrons. The highest BCUT2D eigenvalue weighted by Crippen LogP contribution is 2.46. The zero-order chi connectivity index (χ0) is 19.9. The number of nitrogens with one attached hydrogen (secondary N) is 1. The molecule has 0 spiro atoms. The Morgan fingerprint density at radius 2 is 1.81 bits per heavy atom. The Kier molecular flexibility index (Phi) is 5.33. The molecule has 0 saturated heterocycles. The van der Waals surface area contributed by atoms with Crippen LogP contribution in [0.25, 0.3) is 11.1 Å². The third kappa shape index (κ3) is 4.02. The Hall–Kier alpha value is -1.91. The molecule has 3 rings (SSSR count). The van der Waals surface area contributed by atoms with Crippen LogP contribution in [0.1, 0.15) is 44.9 Å². The molecule has 144 valence electrons. The maximum absolute atomic E-state index is 11.2. The van der Waals surface area contributed by atoms with Gasteiger partial charge >= 0.3 is 6.09 Å². The van der Waals surface area contributed by atoms with E-state index in [1.165, 1.54) is 0 Å². The van der Waals surface area contributed by atoms with E-state index in [2.05, 4.69) is 25.2 Å². The molecule has 0 aliphatic heterocycles. The molecule has 2 aromatic rings. The van der Waals surface area contributed by atoms with Crippen LogP contribution in [0, 0.1) is 5.41 Å². The van der Waals surface area contributed by atoms with Gasteiger partial charge in [0.15, 0.2) is 5.75 Å². The van der Waals surface area contributed by atoms with Crippen LogP contribution in [-0.4, -0.2) is 17.3 Å². The molecule has 27 heavy (non-hydrogen) atoms. The molecule has 1 aliphatic carbocycles. The number of amides is 1. The van der Waals surface area contributed by atoms with Crippen molar-refractivity contribution in [2.24, 2.45) is 5.41 Å². The lowest BCUT2D eigenvalue weighted by Gasteiger charge is -2.27. The predicted octanol–water partition coefficient (Wildman–Crippen LogP) is 6.34. The molecule has 1 amide bonds. The summed E-state index contributed by atoms with van der Waals surface area (Å²) in [5, 5.41) is 12.8. The van der Waals surface area contributed by atoms with Gasteiger partial charge in [-0.05, 0) is 60.1 Å². The molecule has 4 nitrogen and oxygen atoms in total. The predicted molar refractivity (Wildman–Crippen MR) is 109 cm³/mol. The number of hydrogen-bond donors (Lipinski definition) is 2. The van der Waals surface area contributed by atoms with Crippen LogP contribution in [-0.2, 0) is 6.42 Å². The van der Waals surface area contributed by atoms with E-state index in [0.717, 1.165) is 28.7 Å². The van der Waals surface area contributed by atoms with Crippen LogP contribution >= 0.6 is 23.2 Å². The quantitative estimate of drug-likeness (QED) is 0.621. The Morgan fingerprint density at radius 3 is 2.37 bits per heavy atom. The van der Waals surface area contributed by atoms with E-state index < -0.39 is 6.09 Å². The molecular formula is C21H23Cl2NO3. The summed E-state index contributed by atoms with van der Waals surface area (Å²) in [5.74, 6) is 0.491. The summed E-state index contributed by atoms with van der Waals surface area (Å²) in [4.78, 5) is 11.2. The van der Waals surface area contributed by atoms with Gasteiger partial charge in [-0.2, -0.15) is 0 Å². The fraction of sp³-hybridized carbons (Fsp3) is 0.381. The normalized spacial score (nSPS) is 17.7. The van der Waals surface area contributed by atoms with Crippen molar-refractivity contribution in [1.29, 1.82) is 0 Å². The second kappa shape index (κ2) is 7.25. The summed E-state index contributed by atoms with van der Waals surface area (Å²) in [6, 6.07) is 9.51. The minimum atomic E-state index is -1.01. The van der Waals surface area contributed by atoms with Crippen molar-refractivity contribution < 1.29 is 14.6 Å². The number of fused-ring (bicyclic) bond motifs is 1. The highest BCUT2D eigenvalue weighted by atomic mass is 35.5. The van der Waals surface area contributed by atoms with Crippen molar-refractivity contribution in [2.75, 3.05) is 0 Å². The smallest absolute Gasteiger partial charge is 0.405 e. The van der Waals surface area contributed by atoms with Crippen molar-refractivity contribution in [2.45, 2.75) is 46.3 Å². The van der Waals surface area contributed by atoms with Gasteiger partial charge in [0.2, 0.25) is 0 Å². The molecule has 2 N–H and O–H groups in total. The lowest BCUT2D eigenvalue weighted by molar-refractivity contribution is 0.175. The lowest BCUT2D eigenvalue weighted by atomic mass is 9.85. The topological polar surface area (TPSA) is 58.6 Å². The highest BCUT2D eigenvalue weighted by molar-refractivity contribution is 6.37. The van der Waals surface area contributed by atoms with Crippen LogP contribution < -0.4 is 10.1 Å². The Morgan fingerprint density at radius 1 is 1.19 bits per heavy atom. The molecule has 0 fully saturated rings. The van der Waals surface area contributed by atoms with E-state index in [9.17, 15) is 4.79 Å². The van der Waals surface area contributed by atoms with Crippen molar-refractivity contribution >= 4 is 29.3 Å². The van der Waals surface area contributed by atoms with Crippen LogP contribution in [0.4, 0.5) is 4.79 Å². The number of carbonyl (C=O) groups is 1. The first-order chi connectivity index (χ1) is 12.6. The minimum absolute atomic E-state index is 0.0215. The third-order valence-electron chi connectivity index (χ3n) is 4.83. The highest BCUT2D eigenvalue weighted by Gasteiger charge is 2.40. The number of rotatable bonds is 4. The summed E-state index contributed by atoms with van der Waals surface area (Å²) in [6.07, 6.45) is -0.243. The molecule has 0 heterocycles. The number of halogens is 2. The van der Waals surface area contributed by atoms with Crippen molar-refractivity contribution in [3.8, 4) is 16.9 Å². The molecule has 0 unspecified atom stereocenters. The maximum atomic E-state index is 11.2. The van der Waals surface area contributed by atoms with Gasteiger partial charge in [0.05, 0.1) is 22.2 Å². The number of carboxylic acid groups (broad SMARTS) is 1. The molecule has 1 atom stereocenters. The zero-order valence-electron chi connectivity index (χ0n) is 15.8. The van der Waals surface area contributed by atoms with E-state index in [4.69, 9.17) is 33.0 Å². The maximum Gasteiger partial charge on any atom is 0.405 e. The molecule has 1 aliphatic rings. The largest absolute Gasteiger partial charge is 0.488 e. The SMILES string of the molecule is CC(C)Oc1c(Cl)cc(-c2ccc3c(c2)CC(C)(C)[C@H]3NC(=O)O)cc1Cl. The third-order valence-corrected chi connectivity index (χ3v) is 5.40. The van der Waals surface area contributed by atoms with E-state index in [1.807, 2.05) is 38.1 Å². The fourth-order valence-corrected chi connectivity index (χ4v) is 4.28. The molecule has 0 bridgehead atoms. The lowest BCUT2D eigenvalue weighted by Crippen LogP contribution is -2.34. The van der Waals surface area contributed by atoms with Gasteiger partial charge < -0.3 is 15.2 Å². The molecule has 6 heteroatoms. The Balaban J connectivity index is 1.98. The molecule has 0 aromatic heterocycles. The summed E-state index contributed by atoms with van der Waals surface area (Å²) < 4.78 is 5.69. The van der Waals surface area contributed by atoms with E-state index in [1.54, 1.807) is 0 Å². The van der Waals surface area contributed by atoms with Crippen LogP contribution in [0.15, 0.2) is 30.3 Å². The van der Waals surface area contributed by atoms with Gasteiger partial charge in [-0.15, -0.1) is 0 Å². The second-order valence-corrected chi connectivity index (χ2v) is 8.71. The molecule has 0 saturated carbocycles. The van der Waals surface area contributed by atoms with Crippen LogP contribution in [0.2, 0.25) is 10.0 Å². The van der Waals surface area contributed by atoms with Crippen LogP contribution in [0.3, 0.4) is 0 Å². The van der Waals surface area contributed by atoms with E-state index in [0.29, 0.717) is 15.8 Å². The first kappa shape index (κ1) is 19.8. The average molecular weight is 408 g/mol. The van der Waals surface area contributed by atoms with Crippen molar-refractivity contribution in [3.05, 3.63) is 51.5 Å². The van der Waals surface area contributed by atoms with Gasteiger partial charge in [-0.3, -0.25) is 0 Å². The summed E-state index contributed by atoms with van der Waals surface area (Å²) in [7, 11) is 0. The first-order valence-corrected chi connectivity index (χ1v) is 9.62. The monoisotopic (exact) mass is 407 g/mol. The molecular weight excluding hydrogens is 385 g/mol. The van der Waals surface area contributed by atoms with Crippen LogP contribution in [0.5, 0.6) is 5.75 Å². The molecule has 2 aromatic carbocycles. The van der Waals surface area contributed by atoms with E-state index in [-0.39, 0.29) is 17.6 Å². The minimum Gasteiger partial charge on any atom is -0.488 e. The van der Waals surface area contributed by atoms with Gasteiger partial charge in [0.25, 0.3) is 0 Å². The summed E-state index contributed by atoms with van der Waals surface area (Å²) >= 11 is 12.8. The summed E-state index contributed by atoms with van der Waals surface area (Å²) in [5.41, 5.74) is 3.84. The zero-order valence-corrected chi connectivity index (χ0v) is 17.3. The number of hydrogen-bond acceptors (Lipinski definition) is 2. The second-order valence-electron chi connectivity index (χ2n) is 7.90. The Labute approximate surface area is 169 Å². The van der Waals surface area contributed by atoms with Gasteiger partial charge in [0, 0.05) is 0 Å². The van der Waals surface area contributed by atoms with Crippen molar-refractivity contribution in [3.63, 3.8) is 0 Å². The standard InChI is InChI=1S/C21H23Cl2NO3/c1-11(2)27-18-16(22)8-13(9-17(18)23)12-5-6-15-14(7-12)10-21(3,4)19(15)24-20(25)26/h5-9,11,19,24H,10H2,1-4H3,(H,25,26)/t19-/m0/s1.